The number of nitrogens with zero attached hydrogens (tertiary/aromatic N) is 4. The molecule has 21 heavy (non-hydrogen) atoms. The van der Waals surface area contributed by atoms with Gasteiger partial charge < -0.3 is 10.0 Å². The van der Waals surface area contributed by atoms with Crippen LogP contribution in [0.15, 0.2) is 6.07 Å². The number of hydrogen-bond acceptors (Lipinski definition) is 6. The Morgan fingerprint density at radius 3 is 2.57 bits per heavy atom. The Bertz CT molecular complexity index is 643. The van der Waals surface area contributed by atoms with Crippen LogP contribution in [0, 0.1) is 6.92 Å². The van der Waals surface area contributed by atoms with Crippen molar-refractivity contribution in [3.63, 3.8) is 0 Å². The summed E-state index contributed by atoms with van der Waals surface area (Å²) in [6, 6.07) is 1.91. The number of anilines is 1. The second kappa shape index (κ2) is 5.19. The van der Waals surface area contributed by atoms with Crippen LogP contribution >= 0.6 is 0 Å². The second-order valence-electron chi connectivity index (χ2n) is 5.89. The first-order chi connectivity index (χ1) is 9.83. The van der Waals surface area contributed by atoms with Gasteiger partial charge in [-0.15, -0.1) is 0 Å². The first-order valence-electron chi connectivity index (χ1n) is 7.06. The van der Waals surface area contributed by atoms with Gasteiger partial charge in [0.05, 0.1) is 12.4 Å². The molecule has 0 aromatic carbocycles. The number of β-amino-alcohol motifs (C(OH)–C–C–N with tert-alkyl or cyclic N) is 1. The van der Waals surface area contributed by atoms with Crippen molar-refractivity contribution in [1.82, 2.24) is 14.3 Å². The second-order valence-corrected chi connectivity index (χ2v) is 7.87. The molecule has 1 aromatic rings. The third-order valence-electron chi connectivity index (χ3n) is 4.03. The van der Waals surface area contributed by atoms with Gasteiger partial charge in [-0.25, -0.2) is 22.7 Å². The molecule has 116 valence electrons. The highest BCUT2D eigenvalue weighted by Gasteiger charge is 2.36. The van der Waals surface area contributed by atoms with E-state index in [0.29, 0.717) is 25.5 Å². The predicted molar refractivity (Wildman–Crippen MR) is 78.8 cm³/mol. The summed E-state index contributed by atoms with van der Waals surface area (Å²) in [6.07, 6.45) is 1.68. The van der Waals surface area contributed by atoms with E-state index in [1.165, 1.54) is 10.6 Å². The van der Waals surface area contributed by atoms with Crippen molar-refractivity contribution < 1.29 is 13.5 Å². The van der Waals surface area contributed by atoms with Crippen molar-refractivity contribution in [2.45, 2.75) is 25.4 Å². The van der Waals surface area contributed by atoms with Crippen LogP contribution in [-0.4, -0.2) is 66.3 Å². The summed E-state index contributed by atoms with van der Waals surface area (Å²) in [4.78, 5) is 11.1. The molecule has 0 radical (unpaired) electrons. The van der Waals surface area contributed by atoms with Crippen molar-refractivity contribution in [3.8, 4) is 0 Å². The summed E-state index contributed by atoms with van der Waals surface area (Å²) in [5.41, 5.74) is 0.870. The largest absolute Gasteiger partial charge is 0.391 e. The van der Waals surface area contributed by atoms with E-state index < -0.39 is 10.0 Å². The number of aromatic nitrogens is 2. The molecule has 3 heterocycles. The third kappa shape index (κ3) is 3.02. The Morgan fingerprint density at radius 1 is 1.29 bits per heavy atom. The molecule has 1 unspecified atom stereocenters. The lowest BCUT2D eigenvalue weighted by Crippen LogP contribution is -2.48. The SMILES string of the molecule is Cc1cc(N2CCC(O)C2)nc(C2CN(S(C)(=O)=O)C2)n1. The minimum absolute atomic E-state index is 0.0610. The molecule has 0 bridgehead atoms. The van der Waals surface area contributed by atoms with Gasteiger partial charge in [0.25, 0.3) is 0 Å². The first-order valence-corrected chi connectivity index (χ1v) is 8.91. The molecule has 2 saturated heterocycles. The monoisotopic (exact) mass is 312 g/mol. The quantitative estimate of drug-likeness (QED) is 0.826. The fourth-order valence-corrected chi connectivity index (χ4v) is 3.64. The summed E-state index contributed by atoms with van der Waals surface area (Å²) in [5, 5.41) is 9.63. The van der Waals surface area contributed by atoms with Gasteiger partial charge in [-0.05, 0) is 13.3 Å². The Morgan fingerprint density at radius 2 is 2.00 bits per heavy atom. The smallest absolute Gasteiger partial charge is 0.211 e. The van der Waals surface area contributed by atoms with Gasteiger partial charge in [-0.1, -0.05) is 0 Å². The number of sulfonamides is 1. The highest BCUT2D eigenvalue weighted by molar-refractivity contribution is 7.88. The Labute approximate surface area is 124 Å². The van der Waals surface area contributed by atoms with E-state index in [-0.39, 0.29) is 12.0 Å². The first kappa shape index (κ1) is 14.7. The van der Waals surface area contributed by atoms with E-state index in [1.54, 1.807) is 0 Å². The number of hydrogen-bond donors (Lipinski definition) is 1. The lowest BCUT2D eigenvalue weighted by molar-refractivity contribution is 0.198. The minimum Gasteiger partial charge on any atom is -0.391 e. The Hall–Kier alpha value is -1.25. The van der Waals surface area contributed by atoms with E-state index >= 15 is 0 Å². The van der Waals surface area contributed by atoms with Gasteiger partial charge in [0.1, 0.15) is 11.6 Å². The van der Waals surface area contributed by atoms with Crippen molar-refractivity contribution in [1.29, 1.82) is 0 Å². The number of aliphatic hydroxyl groups is 1. The molecule has 2 fully saturated rings. The van der Waals surface area contributed by atoms with E-state index in [0.717, 1.165) is 24.5 Å². The minimum atomic E-state index is -3.12. The van der Waals surface area contributed by atoms with Gasteiger partial charge in [0.15, 0.2) is 0 Å². The summed E-state index contributed by atoms with van der Waals surface area (Å²) in [5.74, 6) is 1.59. The zero-order valence-corrected chi connectivity index (χ0v) is 13.0. The summed E-state index contributed by atoms with van der Waals surface area (Å²) in [6.45, 7) is 4.19. The fraction of sp³-hybridized carbons (Fsp3) is 0.692. The average molecular weight is 312 g/mol. The van der Waals surface area contributed by atoms with Crippen molar-refractivity contribution in [2.75, 3.05) is 37.3 Å². The van der Waals surface area contributed by atoms with Gasteiger partial charge in [0, 0.05) is 43.9 Å². The topological polar surface area (TPSA) is 86.6 Å². The van der Waals surface area contributed by atoms with Crippen LogP contribution in [0.3, 0.4) is 0 Å². The maximum absolute atomic E-state index is 11.4. The molecule has 2 aliphatic rings. The van der Waals surface area contributed by atoms with Crippen LogP contribution < -0.4 is 4.90 Å². The molecule has 8 heteroatoms. The van der Waals surface area contributed by atoms with Crippen LogP contribution in [-0.2, 0) is 10.0 Å². The van der Waals surface area contributed by atoms with Crippen molar-refractivity contribution in [2.24, 2.45) is 0 Å². The number of rotatable bonds is 3. The zero-order valence-electron chi connectivity index (χ0n) is 12.2. The van der Waals surface area contributed by atoms with Gasteiger partial charge in [-0.3, -0.25) is 0 Å². The Kier molecular flexibility index (Phi) is 3.62. The zero-order chi connectivity index (χ0) is 15.2. The Balaban J connectivity index is 1.77. The molecule has 0 aliphatic carbocycles. The average Bonchev–Trinajstić information content (AvgIpc) is 2.71. The van der Waals surface area contributed by atoms with Gasteiger partial charge in [-0.2, -0.15) is 0 Å². The molecule has 0 saturated carbocycles. The molecule has 3 rings (SSSR count). The molecule has 1 N–H and O–H groups in total. The van der Waals surface area contributed by atoms with E-state index in [2.05, 4.69) is 14.9 Å². The highest BCUT2D eigenvalue weighted by Crippen LogP contribution is 2.28. The van der Waals surface area contributed by atoms with Crippen LogP contribution in [0.4, 0.5) is 5.82 Å². The van der Waals surface area contributed by atoms with Gasteiger partial charge in [0.2, 0.25) is 10.0 Å². The van der Waals surface area contributed by atoms with E-state index in [1.807, 2.05) is 13.0 Å². The molecular formula is C13H20N4O3S. The normalized spacial score (nSPS) is 24.3. The van der Waals surface area contributed by atoms with Crippen LogP contribution in [0.2, 0.25) is 0 Å². The fourth-order valence-electron chi connectivity index (χ4n) is 2.74. The lowest BCUT2D eigenvalue weighted by atomic mass is 10.0. The molecular weight excluding hydrogens is 292 g/mol. The van der Waals surface area contributed by atoms with Gasteiger partial charge >= 0.3 is 0 Å². The van der Waals surface area contributed by atoms with Crippen molar-refractivity contribution >= 4 is 15.8 Å². The van der Waals surface area contributed by atoms with Crippen LogP contribution in [0.25, 0.3) is 0 Å². The number of aryl methyl sites for hydroxylation is 1. The maximum Gasteiger partial charge on any atom is 0.211 e. The highest BCUT2D eigenvalue weighted by atomic mass is 32.2. The summed E-state index contributed by atoms with van der Waals surface area (Å²) < 4.78 is 24.3. The predicted octanol–water partition coefficient (Wildman–Crippen LogP) is -0.285. The molecule has 7 nitrogen and oxygen atoms in total. The van der Waals surface area contributed by atoms with E-state index in [4.69, 9.17) is 0 Å². The standard InChI is InChI=1S/C13H20N4O3S/c1-9-5-12(16-4-3-11(18)8-16)15-13(14-9)10-6-17(7-10)21(2,19)20/h5,10-11,18H,3-4,6-8H2,1-2H3. The molecule has 2 aliphatic heterocycles. The number of aliphatic hydroxyl groups excluding tert-OH is 1. The molecule has 0 spiro atoms. The summed E-state index contributed by atoms with van der Waals surface area (Å²) in [7, 11) is -3.12. The molecule has 1 atom stereocenters. The third-order valence-corrected chi connectivity index (χ3v) is 5.26. The molecule has 1 aromatic heterocycles. The molecule has 0 amide bonds. The lowest BCUT2D eigenvalue weighted by Gasteiger charge is -2.36. The van der Waals surface area contributed by atoms with Crippen LogP contribution in [0.1, 0.15) is 23.9 Å². The maximum atomic E-state index is 11.4. The summed E-state index contributed by atoms with van der Waals surface area (Å²) >= 11 is 0. The van der Waals surface area contributed by atoms with E-state index in [9.17, 15) is 13.5 Å². The van der Waals surface area contributed by atoms with Crippen molar-refractivity contribution in [3.05, 3.63) is 17.6 Å². The van der Waals surface area contributed by atoms with Crippen LogP contribution in [0.5, 0.6) is 0 Å².